The van der Waals surface area contributed by atoms with Gasteiger partial charge in [-0.15, -0.1) is 0 Å². The molecule has 0 saturated carbocycles. The Hall–Kier alpha value is -2.77. The molecule has 26 heavy (non-hydrogen) atoms. The topological polar surface area (TPSA) is 121 Å². The number of nitrogens with zero attached hydrogens (tertiary/aromatic N) is 3. The SMILES string of the molecule is CC(C)(C)/C([OH2+])=C/C(=N)NC(=O)N1CCCN(c2ccc(N)cn2)CC1. The average molecular weight is 361 g/mol. The second-order valence-corrected chi connectivity index (χ2v) is 7.43. The Bertz CT molecular complexity index is 678. The zero-order valence-electron chi connectivity index (χ0n) is 15.7. The van der Waals surface area contributed by atoms with Crippen molar-refractivity contribution in [1.82, 2.24) is 15.2 Å². The molecule has 8 heteroatoms. The number of rotatable bonds is 2. The van der Waals surface area contributed by atoms with Crippen LogP contribution in [0, 0.1) is 10.8 Å². The van der Waals surface area contributed by atoms with Gasteiger partial charge >= 0.3 is 6.03 Å². The Morgan fingerprint density at radius 1 is 1.31 bits per heavy atom. The molecule has 0 unspecified atom stereocenters. The molecular formula is C18H29N6O2+. The molecule has 1 fully saturated rings. The van der Waals surface area contributed by atoms with Crippen LogP contribution in [0.2, 0.25) is 0 Å². The van der Waals surface area contributed by atoms with Gasteiger partial charge in [-0.2, -0.15) is 0 Å². The van der Waals surface area contributed by atoms with Gasteiger partial charge < -0.3 is 20.6 Å². The first kappa shape index (κ1) is 19.6. The number of nitrogen functional groups attached to an aromatic ring is 1. The lowest BCUT2D eigenvalue weighted by atomic mass is 9.93. The zero-order valence-corrected chi connectivity index (χ0v) is 15.7. The van der Waals surface area contributed by atoms with Crippen LogP contribution < -0.4 is 16.0 Å². The third-order valence-corrected chi connectivity index (χ3v) is 4.22. The van der Waals surface area contributed by atoms with Crippen molar-refractivity contribution in [2.45, 2.75) is 27.2 Å². The third kappa shape index (κ3) is 5.37. The first-order chi connectivity index (χ1) is 12.2. The fraction of sp³-hybridized carbons (Fsp3) is 0.500. The predicted octanol–water partition coefficient (Wildman–Crippen LogP) is 1.52. The quantitative estimate of drug-likeness (QED) is 0.320. The Morgan fingerprint density at radius 3 is 2.65 bits per heavy atom. The van der Waals surface area contributed by atoms with E-state index in [0.29, 0.717) is 31.1 Å². The van der Waals surface area contributed by atoms with Crippen LogP contribution in [0.4, 0.5) is 16.3 Å². The first-order valence-electron chi connectivity index (χ1n) is 8.71. The van der Waals surface area contributed by atoms with Crippen molar-refractivity contribution >= 4 is 23.4 Å². The minimum Gasteiger partial charge on any atom is -0.596 e. The fourth-order valence-electron chi connectivity index (χ4n) is 2.53. The van der Waals surface area contributed by atoms with Crippen LogP contribution in [0.3, 0.4) is 0 Å². The van der Waals surface area contributed by atoms with Crippen LogP contribution in [0.15, 0.2) is 30.2 Å². The van der Waals surface area contributed by atoms with Crippen molar-refractivity contribution in [3.63, 3.8) is 0 Å². The molecule has 0 spiro atoms. The summed E-state index contributed by atoms with van der Waals surface area (Å²) < 4.78 is 0. The molecule has 1 saturated heterocycles. The maximum Gasteiger partial charge on any atom is 0.323 e. The van der Waals surface area contributed by atoms with E-state index in [-0.39, 0.29) is 17.3 Å². The summed E-state index contributed by atoms with van der Waals surface area (Å²) in [5, 5.41) is 18.4. The van der Waals surface area contributed by atoms with E-state index in [9.17, 15) is 4.79 Å². The van der Waals surface area contributed by atoms with Crippen LogP contribution >= 0.6 is 0 Å². The number of amides is 2. The van der Waals surface area contributed by atoms with Gasteiger partial charge in [-0.05, 0) is 39.3 Å². The number of hydrogen-bond acceptors (Lipinski definition) is 5. The smallest absolute Gasteiger partial charge is 0.323 e. The summed E-state index contributed by atoms with van der Waals surface area (Å²) in [4.78, 5) is 20.6. The molecule has 2 amide bonds. The largest absolute Gasteiger partial charge is 0.596 e. The van der Waals surface area contributed by atoms with E-state index in [0.717, 1.165) is 18.8 Å². The molecular weight excluding hydrogens is 332 g/mol. The number of aromatic nitrogens is 1. The molecule has 142 valence electrons. The number of urea groups is 1. The average Bonchev–Trinajstić information content (AvgIpc) is 2.80. The van der Waals surface area contributed by atoms with Crippen molar-refractivity contribution in [3.05, 3.63) is 30.2 Å². The van der Waals surface area contributed by atoms with Crippen LogP contribution in [0.5, 0.6) is 0 Å². The monoisotopic (exact) mass is 361 g/mol. The van der Waals surface area contributed by atoms with Crippen LogP contribution in [-0.4, -0.2) is 53.0 Å². The van der Waals surface area contributed by atoms with E-state index in [1.165, 1.54) is 6.08 Å². The van der Waals surface area contributed by atoms with E-state index >= 15 is 0 Å². The summed E-state index contributed by atoms with van der Waals surface area (Å²) in [6.07, 6.45) is 3.83. The van der Waals surface area contributed by atoms with Gasteiger partial charge in [0.15, 0.2) is 0 Å². The minimum atomic E-state index is -0.355. The minimum absolute atomic E-state index is 0.0590. The summed E-state index contributed by atoms with van der Waals surface area (Å²) in [5.74, 6) is 1.09. The second-order valence-electron chi connectivity index (χ2n) is 7.43. The predicted molar refractivity (Wildman–Crippen MR) is 104 cm³/mol. The van der Waals surface area contributed by atoms with E-state index in [1.807, 2.05) is 32.9 Å². The third-order valence-electron chi connectivity index (χ3n) is 4.22. The lowest BCUT2D eigenvalue weighted by molar-refractivity contribution is 0.206. The molecule has 2 rings (SSSR count). The van der Waals surface area contributed by atoms with Gasteiger partial charge in [0, 0.05) is 26.2 Å². The van der Waals surface area contributed by atoms with Gasteiger partial charge in [0.2, 0.25) is 5.76 Å². The van der Waals surface area contributed by atoms with Crippen molar-refractivity contribution in [2.24, 2.45) is 5.41 Å². The lowest BCUT2D eigenvalue weighted by Gasteiger charge is -2.23. The molecule has 2 heterocycles. The van der Waals surface area contributed by atoms with E-state index < -0.39 is 0 Å². The lowest BCUT2D eigenvalue weighted by Crippen LogP contribution is -2.44. The number of allylic oxidation sites excluding steroid dienone is 1. The van der Waals surface area contributed by atoms with Crippen molar-refractivity contribution < 1.29 is 9.90 Å². The number of nitrogens with two attached hydrogens (primary N) is 1. The van der Waals surface area contributed by atoms with E-state index in [2.05, 4.69) is 15.2 Å². The normalized spacial score (nSPS) is 16.2. The highest BCUT2D eigenvalue weighted by Crippen LogP contribution is 2.22. The Balaban J connectivity index is 1.93. The first-order valence-corrected chi connectivity index (χ1v) is 8.71. The second kappa shape index (κ2) is 8.07. The number of carbonyl (C=O) groups excluding carboxylic acids is 1. The molecule has 0 aliphatic carbocycles. The molecule has 0 atom stereocenters. The van der Waals surface area contributed by atoms with Crippen LogP contribution in [-0.2, 0) is 0 Å². The van der Waals surface area contributed by atoms with Crippen LogP contribution in [0.1, 0.15) is 27.2 Å². The van der Waals surface area contributed by atoms with Gasteiger partial charge in [0.05, 0.1) is 23.4 Å². The van der Waals surface area contributed by atoms with Crippen LogP contribution in [0.25, 0.3) is 0 Å². The number of pyridine rings is 1. The molecule has 1 aromatic heterocycles. The van der Waals surface area contributed by atoms with Gasteiger partial charge in [0.25, 0.3) is 0 Å². The van der Waals surface area contributed by atoms with Crippen molar-refractivity contribution in [2.75, 3.05) is 36.8 Å². The molecule has 0 aromatic carbocycles. The molecule has 0 bridgehead atoms. The standard InChI is InChI=1S/C18H28N6O2/c1-18(2,3)14(25)11-15(20)22-17(26)24-8-4-7-23(9-10-24)16-6-5-13(19)12-21-16/h5-6,11-12,25H,4,7-10,19H2,1-3H3,(H2,20,22,26)/p+1/b14-11-. The van der Waals surface area contributed by atoms with Gasteiger partial charge in [-0.1, -0.05) is 0 Å². The highest BCUT2D eigenvalue weighted by molar-refractivity contribution is 6.02. The Morgan fingerprint density at radius 2 is 2.04 bits per heavy atom. The number of nitrogens with one attached hydrogen (secondary N) is 2. The summed E-state index contributed by atoms with van der Waals surface area (Å²) in [6, 6.07) is 3.40. The molecule has 8 nitrogen and oxygen atoms in total. The molecule has 1 aliphatic heterocycles. The summed E-state index contributed by atoms with van der Waals surface area (Å²) >= 11 is 0. The molecule has 6 N–H and O–H groups in total. The van der Waals surface area contributed by atoms with E-state index in [4.69, 9.17) is 16.2 Å². The molecule has 1 aromatic rings. The summed E-state index contributed by atoms with van der Waals surface area (Å²) in [5.41, 5.74) is 5.95. The number of hydrogen-bond donors (Lipinski definition) is 3. The zero-order chi connectivity index (χ0) is 19.3. The highest BCUT2D eigenvalue weighted by atomic mass is 16.3. The maximum atomic E-state index is 12.4. The van der Waals surface area contributed by atoms with Gasteiger partial charge in [0.1, 0.15) is 11.7 Å². The van der Waals surface area contributed by atoms with Crippen molar-refractivity contribution in [1.29, 1.82) is 5.41 Å². The summed E-state index contributed by atoms with van der Waals surface area (Å²) in [6.45, 7) is 8.32. The van der Waals surface area contributed by atoms with Crippen molar-refractivity contribution in [3.8, 4) is 0 Å². The maximum absolute atomic E-state index is 12.4. The molecule has 0 radical (unpaired) electrons. The fourth-order valence-corrected chi connectivity index (χ4v) is 2.53. The number of anilines is 2. The molecule has 1 aliphatic rings. The van der Waals surface area contributed by atoms with Gasteiger partial charge in [-0.3, -0.25) is 10.7 Å². The Kier molecular flexibility index (Phi) is 6.07. The summed E-state index contributed by atoms with van der Waals surface area (Å²) in [7, 11) is 0. The number of amidine groups is 1. The van der Waals surface area contributed by atoms with Gasteiger partial charge in [-0.25, -0.2) is 9.78 Å². The van der Waals surface area contributed by atoms with E-state index in [1.54, 1.807) is 11.1 Å². The number of carbonyl (C=O) groups is 1. The Labute approximate surface area is 154 Å². The highest BCUT2D eigenvalue weighted by Gasteiger charge is 2.23.